The molecule has 1 aromatic carbocycles. The minimum Gasteiger partial charge on any atom is -0.495 e. The highest BCUT2D eigenvalue weighted by Gasteiger charge is 2.27. The fourth-order valence-electron chi connectivity index (χ4n) is 1.47. The molecule has 8 heteroatoms. The van der Waals surface area contributed by atoms with E-state index in [9.17, 15) is 17.2 Å². The first-order chi connectivity index (χ1) is 8.82. The van der Waals surface area contributed by atoms with Crippen molar-refractivity contribution in [3.8, 4) is 5.75 Å². The molecule has 0 spiro atoms. The SMILES string of the molecule is COc1ccc(CCl)cc1S(=O)(=O)N(C)CC(F)F. The maximum absolute atomic E-state index is 12.3. The molecule has 0 aliphatic heterocycles. The predicted octanol–water partition coefficient (Wildman–Crippen LogP) is 2.32. The Morgan fingerprint density at radius 1 is 1.42 bits per heavy atom. The lowest BCUT2D eigenvalue weighted by molar-refractivity contribution is 0.126. The molecule has 4 nitrogen and oxygen atoms in total. The van der Waals surface area contributed by atoms with Gasteiger partial charge in [0.25, 0.3) is 6.43 Å². The largest absolute Gasteiger partial charge is 0.495 e. The van der Waals surface area contributed by atoms with E-state index in [0.717, 1.165) is 7.05 Å². The van der Waals surface area contributed by atoms with Crippen molar-refractivity contribution in [3.05, 3.63) is 23.8 Å². The third-order valence-electron chi connectivity index (χ3n) is 2.47. The van der Waals surface area contributed by atoms with Crippen LogP contribution in [0.15, 0.2) is 23.1 Å². The van der Waals surface area contributed by atoms with Crippen molar-refractivity contribution in [1.82, 2.24) is 4.31 Å². The summed E-state index contributed by atoms with van der Waals surface area (Å²) in [7, 11) is -1.64. The second kappa shape index (κ2) is 6.49. The average molecular weight is 314 g/mol. The van der Waals surface area contributed by atoms with Gasteiger partial charge in [-0.15, -0.1) is 11.6 Å². The molecule has 0 amide bonds. The molecule has 1 aromatic rings. The van der Waals surface area contributed by atoms with Crippen LogP contribution >= 0.6 is 11.6 Å². The zero-order chi connectivity index (χ0) is 14.6. The number of nitrogens with zero attached hydrogens (tertiary/aromatic N) is 1. The Bertz CT molecular complexity index is 537. The lowest BCUT2D eigenvalue weighted by atomic mass is 10.2. The molecule has 0 N–H and O–H groups in total. The Morgan fingerprint density at radius 3 is 2.53 bits per heavy atom. The number of benzene rings is 1. The number of alkyl halides is 3. The summed E-state index contributed by atoms with van der Waals surface area (Å²) in [5, 5.41) is 0. The van der Waals surface area contributed by atoms with Crippen LogP contribution in [-0.2, 0) is 15.9 Å². The van der Waals surface area contributed by atoms with Crippen LogP contribution in [-0.4, -0.2) is 39.9 Å². The summed E-state index contributed by atoms with van der Waals surface area (Å²) in [6, 6.07) is 4.38. The van der Waals surface area contributed by atoms with Gasteiger partial charge >= 0.3 is 0 Å². The second-order valence-corrected chi connectivity index (χ2v) is 6.08. The van der Waals surface area contributed by atoms with Crippen molar-refractivity contribution in [2.75, 3.05) is 20.7 Å². The van der Waals surface area contributed by atoms with Crippen molar-refractivity contribution in [1.29, 1.82) is 0 Å². The van der Waals surface area contributed by atoms with Crippen molar-refractivity contribution in [3.63, 3.8) is 0 Å². The summed E-state index contributed by atoms with van der Waals surface area (Å²) in [6.07, 6.45) is -2.75. The maximum atomic E-state index is 12.3. The fourth-order valence-corrected chi connectivity index (χ4v) is 2.98. The van der Waals surface area contributed by atoms with E-state index in [1.54, 1.807) is 6.07 Å². The van der Waals surface area contributed by atoms with E-state index in [-0.39, 0.29) is 16.5 Å². The van der Waals surface area contributed by atoms with Gasteiger partial charge in [-0.3, -0.25) is 0 Å². The molecule has 0 unspecified atom stereocenters. The van der Waals surface area contributed by atoms with Crippen LogP contribution in [0, 0.1) is 0 Å². The van der Waals surface area contributed by atoms with Crippen LogP contribution in [0.4, 0.5) is 8.78 Å². The van der Waals surface area contributed by atoms with E-state index < -0.39 is 23.0 Å². The quantitative estimate of drug-likeness (QED) is 0.757. The second-order valence-electron chi connectivity index (χ2n) is 3.80. The summed E-state index contributed by atoms with van der Waals surface area (Å²) >= 11 is 5.64. The van der Waals surface area contributed by atoms with Gasteiger partial charge in [-0.05, 0) is 17.7 Å². The maximum Gasteiger partial charge on any atom is 0.252 e. The molecule has 0 atom stereocenters. The molecule has 0 saturated heterocycles. The third-order valence-corrected chi connectivity index (χ3v) is 4.62. The lowest BCUT2D eigenvalue weighted by Crippen LogP contribution is -2.31. The summed E-state index contributed by atoms with van der Waals surface area (Å²) < 4.78 is 54.5. The smallest absolute Gasteiger partial charge is 0.252 e. The van der Waals surface area contributed by atoms with Gasteiger partial charge in [0.1, 0.15) is 10.6 Å². The highest BCUT2D eigenvalue weighted by molar-refractivity contribution is 7.89. The molecule has 0 saturated carbocycles. The number of ether oxygens (including phenoxy) is 1. The Morgan fingerprint density at radius 2 is 2.05 bits per heavy atom. The molecule has 0 aliphatic carbocycles. The van der Waals surface area contributed by atoms with Crippen LogP contribution < -0.4 is 4.74 Å². The summed E-state index contributed by atoms with van der Waals surface area (Å²) in [5.41, 5.74) is 0.562. The van der Waals surface area contributed by atoms with Crippen LogP contribution in [0.1, 0.15) is 5.56 Å². The molecular formula is C11H14ClF2NO3S. The van der Waals surface area contributed by atoms with E-state index in [4.69, 9.17) is 16.3 Å². The topological polar surface area (TPSA) is 46.6 Å². The summed E-state index contributed by atoms with van der Waals surface area (Å²) in [5.74, 6) is 0.209. The average Bonchev–Trinajstić information content (AvgIpc) is 2.37. The van der Waals surface area contributed by atoms with E-state index >= 15 is 0 Å². The molecule has 0 aromatic heterocycles. The van der Waals surface area contributed by atoms with E-state index in [0.29, 0.717) is 9.87 Å². The minimum atomic E-state index is -4.04. The van der Waals surface area contributed by atoms with Gasteiger partial charge in [0.15, 0.2) is 0 Å². The minimum absolute atomic E-state index is 0.0926. The highest BCUT2D eigenvalue weighted by Crippen LogP contribution is 2.28. The van der Waals surface area contributed by atoms with Gasteiger partial charge < -0.3 is 4.74 Å². The molecule has 0 bridgehead atoms. The standard InChI is InChI=1S/C11H14ClF2NO3S/c1-15(7-11(13)14)19(16,17)10-5-8(6-12)3-4-9(10)18-2/h3-5,11H,6-7H2,1-2H3. The Balaban J connectivity index is 3.26. The van der Waals surface area contributed by atoms with Gasteiger partial charge in [0.2, 0.25) is 10.0 Å². The number of rotatable bonds is 6. The van der Waals surface area contributed by atoms with Gasteiger partial charge in [-0.25, -0.2) is 17.2 Å². The van der Waals surface area contributed by atoms with Crippen molar-refractivity contribution in [2.45, 2.75) is 17.2 Å². The lowest BCUT2D eigenvalue weighted by Gasteiger charge is -2.18. The summed E-state index contributed by atoms with van der Waals surface area (Å²) in [4.78, 5) is -0.170. The van der Waals surface area contributed by atoms with Crippen LogP contribution in [0.25, 0.3) is 0 Å². The number of halogens is 3. The Hall–Kier alpha value is -0.920. The van der Waals surface area contributed by atoms with E-state index in [1.807, 2.05) is 0 Å². The van der Waals surface area contributed by atoms with Gasteiger partial charge in [0, 0.05) is 12.9 Å². The van der Waals surface area contributed by atoms with Crippen molar-refractivity contribution in [2.24, 2.45) is 0 Å². The third kappa shape index (κ3) is 3.77. The first-order valence-electron chi connectivity index (χ1n) is 5.30. The molecule has 108 valence electrons. The zero-order valence-corrected chi connectivity index (χ0v) is 12.0. The molecule has 19 heavy (non-hydrogen) atoms. The number of sulfonamides is 1. The molecule has 0 radical (unpaired) electrons. The van der Waals surface area contributed by atoms with E-state index in [1.165, 1.54) is 19.2 Å². The molecule has 1 rings (SSSR count). The molecule has 0 heterocycles. The van der Waals surface area contributed by atoms with Crippen molar-refractivity contribution < 1.29 is 21.9 Å². The van der Waals surface area contributed by atoms with Crippen LogP contribution in [0.2, 0.25) is 0 Å². The van der Waals surface area contributed by atoms with Gasteiger partial charge in [-0.1, -0.05) is 6.07 Å². The molecule has 0 aliphatic rings. The molecule has 0 fully saturated rings. The predicted molar refractivity (Wildman–Crippen MR) is 68.4 cm³/mol. The first-order valence-corrected chi connectivity index (χ1v) is 7.27. The van der Waals surface area contributed by atoms with Gasteiger partial charge in [-0.2, -0.15) is 4.31 Å². The highest BCUT2D eigenvalue weighted by atomic mass is 35.5. The zero-order valence-electron chi connectivity index (χ0n) is 10.4. The summed E-state index contributed by atoms with van der Waals surface area (Å²) in [6.45, 7) is -0.878. The van der Waals surface area contributed by atoms with E-state index in [2.05, 4.69) is 0 Å². The Labute approximate surface area is 116 Å². The Kier molecular flexibility index (Phi) is 5.51. The fraction of sp³-hybridized carbons (Fsp3) is 0.455. The molecular weight excluding hydrogens is 300 g/mol. The van der Waals surface area contributed by atoms with Crippen LogP contribution in [0.5, 0.6) is 5.75 Å². The van der Waals surface area contributed by atoms with Crippen molar-refractivity contribution >= 4 is 21.6 Å². The van der Waals surface area contributed by atoms with Crippen LogP contribution in [0.3, 0.4) is 0 Å². The number of hydrogen-bond donors (Lipinski definition) is 0. The normalized spacial score (nSPS) is 12.2. The first kappa shape index (κ1) is 16.1. The van der Waals surface area contributed by atoms with Gasteiger partial charge in [0.05, 0.1) is 13.7 Å². The monoisotopic (exact) mass is 313 g/mol. The number of hydrogen-bond acceptors (Lipinski definition) is 3. The number of methoxy groups -OCH3 is 1.